The molecular weight excluding hydrogens is 246 g/mol. The van der Waals surface area contributed by atoms with Crippen molar-refractivity contribution in [2.24, 2.45) is 28.9 Å². The van der Waals surface area contributed by atoms with Crippen molar-refractivity contribution in [2.75, 3.05) is 12.3 Å². The third-order valence-corrected chi connectivity index (χ3v) is 8.27. The molecule has 18 heavy (non-hydrogen) atoms. The Morgan fingerprint density at radius 2 is 1.56 bits per heavy atom. The molecule has 0 amide bonds. The summed E-state index contributed by atoms with van der Waals surface area (Å²) in [6.45, 7) is 2.22. The van der Waals surface area contributed by atoms with Gasteiger partial charge in [0.1, 0.15) is 0 Å². The lowest BCUT2D eigenvalue weighted by atomic mass is 9.49. The van der Waals surface area contributed by atoms with Crippen LogP contribution in [0, 0.1) is 23.2 Å². The van der Waals surface area contributed by atoms with E-state index in [1.54, 1.807) is 0 Å². The summed E-state index contributed by atoms with van der Waals surface area (Å²) in [5, 5.41) is -0.179. The van der Waals surface area contributed by atoms with E-state index in [0.29, 0.717) is 0 Å². The monoisotopic (exact) mass is 271 g/mol. The summed E-state index contributed by atoms with van der Waals surface area (Å²) in [6.07, 6.45) is 7.56. The molecule has 0 aliphatic heterocycles. The topological polar surface area (TPSA) is 60.2 Å². The first-order valence-corrected chi connectivity index (χ1v) is 9.08. The molecule has 4 saturated carbocycles. The first-order chi connectivity index (χ1) is 8.45. The fraction of sp³-hybridized carbons (Fsp3) is 1.00. The largest absolute Gasteiger partial charge is 0.329 e. The van der Waals surface area contributed by atoms with Crippen molar-refractivity contribution in [2.45, 2.75) is 50.7 Å². The first kappa shape index (κ1) is 12.9. The van der Waals surface area contributed by atoms with Crippen LogP contribution >= 0.6 is 0 Å². The van der Waals surface area contributed by atoms with Gasteiger partial charge in [0.2, 0.25) is 0 Å². The Morgan fingerprint density at radius 3 is 1.94 bits per heavy atom. The Morgan fingerprint density at radius 1 is 1.11 bits per heavy atom. The standard InChI is InChI=1S/C14H25NO2S/c1-10(18(16,17)3-2-15)14-7-11-4-12(8-14)6-13(5-11)9-14/h10-13H,2-9,15H2,1H3. The molecule has 3 nitrogen and oxygen atoms in total. The van der Waals surface area contributed by atoms with E-state index in [2.05, 4.69) is 0 Å². The average molecular weight is 271 g/mol. The minimum absolute atomic E-state index is 0.1000. The molecule has 4 heteroatoms. The maximum atomic E-state index is 12.4. The fourth-order valence-corrected chi connectivity index (χ4v) is 7.13. The molecule has 0 aromatic heterocycles. The maximum Gasteiger partial charge on any atom is 0.154 e. The molecule has 0 aromatic carbocycles. The smallest absolute Gasteiger partial charge is 0.154 e. The van der Waals surface area contributed by atoms with Crippen LogP contribution in [0.25, 0.3) is 0 Å². The molecule has 1 atom stereocenters. The van der Waals surface area contributed by atoms with Crippen molar-refractivity contribution in [1.82, 2.24) is 0 Å². The van der Waals surface area contributed by atoms with Crippen LogP contribution in [-0.4, -0.2) is 26.0 Å². The second-order valence-corrected chi connectivity index (χ2v) is 9.52. The van der Waals surface area contributed by atoms with Crippen molar-refractivity contribution in [3.05, 3.63) is 0 Å². The van der Waals surface area contributed by atoms with Crippen molar-refractivity contribution < 1.29 is 8.42 Å². The lowest BCUT2D eigenvalue weighted by Gasteiger charge is -2.58. The van der Waals surface area contributed by atoms with E-state index in [0.717, 1.165) is 37.0 Å². The number of nitrogens with two attached hydrogens (primary N) is 1. The van der Waals surface area contributed by atoms with E-state index in [1.807, 2.05) is 6.92 Å². The molecule has 4 aliphatic rings. The lowest BCUT2D eigenvalue weighted by molar-refractivity contribution is -0.0522. The molecule has 0 heterocycles. The van der Waals surface area contributed by atoms with Gasteiger partial charge < -0.3 is 5.73 Å². The van der Waals surface area contributed by atoms with Crippen molar-refractivity contribution >= 4 is 9.84 Å². The van der Waals surface area contributed by atoms with E-state index in [1.165, 1.54) is 19.3 Å². The van der Waals surface area contributed by atoms with Crippen molar-refractivity contribution in [3.8, 4) is 0 Å². The molecule has 4 aliphatic carbocycles. The minimum atomic E-state index is -3.00. The van der Waals surface area contributed by atoms with Crippen LogP contribution < -0.4 is 5.73 Å². The van der Waals surface area contributed by atoms with Gasteiger partial charge >= 0.3 is 0 Å². The Balaban J connectivity index is 1.87. The summed E-state index contributed by atoms with van der Waals surface area (Å²) >= 11 is 0. The zero-order valence-electron chi connectivity index (χ0n) is 11.3. The molecule has 0 radical (unpaired) electrons. The quantitative estimate of drug-likeness (QED) is 0.850. The molecule has 0 saturated heterocycles. The summed E-state index contributed by atoms with van der Waals surface area (Å²) in [6, 6.07) is 0. The van der Waals surface area contributed by atoms with E-state index < -0.39 is 9.84 Å². The van der Waals surface area contributed by atoms with Gasteiger partial charge in [-0.1, -0.05) is 0 Å². The Kier molecular flexibility index (Phi) is 3.02. The van der Waals surface area contributed by atoms with Crippen LogP contribution in [-0.2, 0) is 9.84 Å². The van der Waals surface area contributed by atoms with Gasteiger partial charge in [0, 0.05) is 6.54 Å². The highest BCUT2D eigenvalue weighted by Gasteiger charge is 2.55. The van der Waals surface area contributed by atoms with E-state index in [4.69, 9.17) is 5.73 Å². The van der Waals surface area contributed by atoms with Gasteiger partial charge in [-0.15, -0.1) is 0 Å². The third kappa shape index (κ3) is 1.92. The molecule has 0 spiro atoms. The van der Waals surface area contributed by atoms with Crippen molar-refractivity contribution in [1.29, 1.82) is 0 Å². The minimum Gasteiger partial charge on any atom is -0.329 e. The van der Waals surface area contributed by atoms with Crippen LogP contribution in [0.15, 0.2) is 0 Å². The highest BCUT2D eigenvalue weighted by Crippen LogP contribution is 2.62. The average Bonchev–Trinajstić information content (AvgIpc) is 2.26. The predicted molar refractivity (Wildman–Crippen MR) is 72.9 cm³/mol. The normalized spacial score (nSPS) is 44.2. The van der Waals surface area contributed by atoms with Gasteiger partial charge in [0.25, 0.3) is 0 Å². The second kappa shape index (κ2) is 4.20. The molecule has 104 valence electrons. The summed E-state index contributed by atoms with van der Waals surface area (Å²) in [5.41, 5.74) is 5.56. The molecule has 4 rings (SSSR count). The number of rotatable bonds is 4. The SMILES string of the molecule is CC(C12CC3CC(CC(C3)C1)C2)S(=O)(=O)CCN. The fourth-order valence-electron chi connectivity index (χ4n) is 5.40. The Hall–Kier alpha value is -0.0900. The zero-order valence-corrected chi connectivity index (χ0v) is 12.1. The Bertz CT molecular complexity index is 394. The number of hydrogen-bond acceptors (Lipinski definition) is 3. The van der Waals surface area contributed by atoms with Crippen LogP contribution in [0.1, 0.15) is 45.4 Å². The molecular formula is C14H25NO2S. The summed E-state index contributed by atoms with van der Waals surface area (Å²) in [7, 11) is -3.00. The predicted octanol–water partition coefficient (Wildman–Crippen LogP) is 1.96. The van der Waals surface area contributed by atoms with Gasteiger partial charge in [-0.05, 0) is 68.6 Å². The second-order valence-electron chi connectivity index (χ2n) is 7.08. The number of sulfone groups is 1. The van der Waals surface area contributed by atoms with Crippen LogP contribution in [0.4, 0.5) is 0 Å². The van der Waals surface area contributed by atoms with Gasteiger partial charge in [-0.25, -0.2) is 8.42 Å². The summed E-state index contributed by atoms with van der Waals surface area (Å²) in [5.74, 6) is 2.60. The lowest BCUT2D eigenvalue weighted by Crippen LogP contribution is -2.53. The van der Waals surface area contributed by atoms with Crippen LogP contribution in [0.5, 0.6) is 0 Å². The van der Waals surface area contributed by atoms with Crippen LogP contribution in [0.2, 0.25) is 0 Å². The summed E-state index contributed by atoms with van der Waals surface area (Å²) in [4.78, 5) is 0. The third-order valence-electron chi connectivity index (χ3n) is 5.89. The van der Waals surface area contributed by atoms with Gasteiger partial charge in [-0.2, -0.15) is 0 Å². The highest BCUT2D eigenvalue weighted by molar-refractivity contribution is 7.92. The molecule has 4 bridgehead atoms. The van der Waals surface area contributed by atoms with Gasteiger partial charge in [-0.3, -0.25) is 0 Å². The highest BCUT2D eigenvalue weighted by atomic mass is 32.2. The van der Waals surface area contributed by atoms with E-state index >= 15 is 0 Å². The number of hydrogen-bond donors (Lipinski definition) is 1. The van der Waals surface area contributed by atoms with E-state index in [-0.39, 0.29) is 23.0 Å². The molecule has 2 N–H and O–H groups in total. The van der Waals surface area contributed by atoms with E-state index in [9.17, 15) is 8.42 Å². The first-order valence-electron chi connectivity index (χ1n) is 7.37. The molecule has 1 unspecified atom stereocenters. The molecule has 4 fully saturated rings. The van der Waals surface area contributed by atoms with Gasteiger partial charge in [0.05, 0.1) is 11.0 Å². The summed E-state index contributed by atoms with van der Waals surface area (Å²) < 4.78 is 24.7. The zero-order chi connectivity index (χ0) is 13.0. The maximum absolute atomic E-state index is 12.4. The van der Waals surface area contributed by atoms with Gasteiger partial charge in [0.15, 0.2) is 9.84 Å². The van der Waals surface area contributed by atoms with Crippen molar-refractivity contribution in [3.63, 3.8) is 0 Å². The molecule has 0 aromatic rings. The van der Waals surface area contributed by atoms with Crippen LogP contribution in [0.3, 0.4) is 0 Å². The Labute approximate surface area is 110 Å².